The topological polar surface area (TPSA) is 26.0 Å². The van der Waals surface area contributed by atoms with Gasteiger partial charge < -0.3 is 5.73 Å². The molecule has 1 nitrogen and oxygen atoms in total. The van der Waals surface area contributed by atoms with E-state index in [-0.39, 0.29) is 5.56 Å². The Balaban J connectivity index is 3.16. The van der Waals surface area contributed by atoms with Crippen LogP contribution >= 0.6 is 0 Å². The number of nitrogens with two attached hydrogens (primary N) is 1. The van der Waals surface area contributed by atoms with Crippen LogP contribution < -0.4 is 5.73 Å². The Morgan fingerprint density at radius 1 is 0.941 bits per heavy atom. The largest absolute Gasteiger partial charge is 0.455 e. The molecule has 1 aromatic rings. The molecule has 0 fully saturated rings. The summed E-state index contributed by atoms with van der Waals surface area (Å²) in [6, 6.07) is 1.75. The van der Waals surface area contributed by atoms with Gasteiger partial charge in [0.2, 0.25) is 0 Å². The molecule has 6 heteroatoms. The van der Waals surface area contributed by atoms with E-state index >= 15 is 0 Å². The van der Waals surface area contributed by atoms with Crippen LogP contribution in [0.5, 0.6) is 0 Å². The molecule has 0 saturated carbocycles. The van der Waals surface area contributed by atoms with Crippen molar-refractivity contribution in [3.8, 4) is 0 Å². The Labute approximate surface area is 95.4 Å². The summed E-state index contributed by atoms with van der Waals surface area (Å²) in [6.07, 6.45) is -5.65. The highest BCUT2D eigenvalue weighted by Gasteiger charge is 2.61. The van der Waals surface area contributed by atoms with Gasteiger partial charge >= 0.3 is 12.1 Å². The van der Waals surface area contributed by atoms with Gasteiger partial charge in [-0.25, -0.2) is 0 Å². The van der Waals surface area contributed by atoms with E-state index in [9.17, 15) is 22.0 Å². The molecule has 0 aliphatic heterocycles. The summed E-state index contributed by atoms with van der Waals surface area (Å²) in [5.41, 5.74) is 5.99. The number of alkyl halides is 5. The first-order valence-corrected chi connectivity index (χ1v) is 4.84. The standard InChI is InChI=1S/C11H12F5N/c1-6-3-7(2)5-8(4-6)9(17)10(12,13)11(14,15)16/h3-5,9H,17H2,1-2H3/t9-/m0/s1. The highest BCUT2D eigenvalue weighted by Crippen LogP contribution is 2.43. The van der Waals surface area contributed by atoms with Gasteiger partial charge in [0, 0.05) is 0 Å². The van der Waals surface area contributed by atoms with Gasteiger partial charge in [0.1, 0.15) is 6.04 Å². The molecular formula is C11H12F5N. The van der Waals surface area contributed by atoms with Crippen LogP contribution in [0, 0.1) is 13.8 Å². The van der Waals surface area contributed by atoms with Crippen molar-refractivity contribution in [1.29, 1.82) is 0 Å². The van der Waals surface area contributed by atoms with E-state index in [0.717, 1.165) is 0 Å². The minimum atomic E-state index is -5.65. The molecular weight excluding hydrogens is 241 g/mol. The lowest BCUT2D eigenvalue weighted by Gasteiger charge is -2.26. The zero-order valence-corrected chi connectivity index (χ0v) is 9.28. The van der Waals surface area contributed by atoms with Crippen LogP contribution in [0.2, 0.25) is 0 Å². The number of hydrogen-bond donors (Lipinski definition) is 1. The van der Waals surface area contributed by atoms with Crippen LogP contribution in [0.15, 0.2) is 18.2 Å². The molecule has 17 heavy (non-hydrogen) atoms. The van der Waals surface area contributed by atoms with Crippen molar-refractivity contribution in [2.24, 2.45) is 5.73 Å². The molecule has 0 bridgehead atoms. The van der Waals surface area contributed by atoms with E-state index < -0.39 is 18.1 Å². The zero-order valence-electron chi connectivity index (χ0n) is 9.28. The van der Waals surface area contributed by atoms with E-state index in [1.165, 1.54) is 12.1 Å². The SMILES string of the molecule is Cc1cc(C)cc([C@H](N)C(F)(F)C(F)(F)F)c1. The summed E-state index contributed by atoms with van der Waals surface area (Å²) in [5.74, 6) is -4.94. The van der Waals surface area contributed by atoms with Gasteiger partial charge in [0.25, 0.3) is 0 Å². The predicted octanol–water partition coefficient (Wildman–Crippen LogP) is 3.50. The van der Waals surface area contributed by atoms with Crippen LogP contribution in [-0.2, 0) is 0 Å². The average Bonchev–Trinajstić information content (AvgIpc) is 2.13. The Kier molecular flexibility index (Phi) is 3.47. The molecule has 96 valence electrons. The molecule has 1 rings (SSSR count). The van der Waals surface area contributed by atoms with Crippen LogP contribution in [0.3, 0.4) is 0 Å². The third kappa shape index (κ3) is 2.74. The van der Waals surface area contributed by atoms with Gasteiger partial charge in [0.05, 0.1) is 0 Å². The van der Waals surface area contributed by atoms with E-state index in [1.807, 2.05) is 0 Å². The van der Waals surface area contributed by atoms with Gasteiger partial charge in [-0.3, -0.25) is 0 Å². The molecule has 0 aliphatic rings. The second kappa shape index (κ2) is 4.25. The fraction of sp³-hybridized carbons (Fsp3) is 0.455. The molecule has 0 radical (unpaired) electrons. The Hall–Kier alpha value is -1.17. The second-order valence-electron chi connectivity index (χ2n) is 4.02. The summed E-state index contributed by atoms with van der Waals surface area (Å²) in [6.45, 7) is 3.21. The van der Waals surface area contributed by atoms with Crippen molar-refractivity contribution >= 4 is 0 Å². The average molecular weight is 253 g/mol. The van der Waals surface area contributed by atoms with Crippen LogP contribution in [-0.4, -0.2) is 12.1 Å². The number of rotatable bonds is 2. The lowest BCUT2D eigenvalue weighted by atomic mass is 9.97. The van der Waals surface area contributed by atoms with E-state index in [0.29, 0.717) is 11.1 Å². The minimum Gasteiger partial charge on any atom is -0.319 e. The first-order chi connectivity index (χ1) is 7.55. The van der Waals surface area contributed by atoms with Crippen molar-refractivity contribution in [2.45, 2.75) is 32.0 Å². The monoisotopic (exact) mass is 253 g/mol. The highest BCUT2D eigenvalue weighted by molar-refractivity contribution is 5.31. The van der Waals surface area contributed by atoms with Crippen molar-refractivity contribution in [1.82, 2.24) is 0 Å². The summed E-state index contributed by atoms with van der Waals surface area (Å²) >= 11 is 0. The molecule has 0 unspecified atom stereocenters. The van der Waals surface area contributed by atoms with Gasteiger partial charge in [-0.05, 0) is 19.4 Å². The smallest absolute Gasteiger partial charge is 0.319 e. The molecule has 0 aliphatic carbocycles. The van der Waals surface area contributed by atoms with Gasteiger partial charge in [-0.15, -0.1) is 0 Å². The predicted molar refractivity (Wildman–Crippen MR) is 53.8 cm³/mol. The van der Waals surface area contributed by atoms with E-state index in [2.05, 4.69) is 0 Å². The summed E-state index contributed by atoms with van der Waals surface area (Å²) in [5, 5.41) is 0. The summed E-state index contributed by atoms with van der Waals surface area (Å²) in [7, 11) is 0. The maximum atomic E-state index is 13.0. The third-order valence-electron chi connectivity index (χ3n) is 2.37. The normalized spacial score (nSPS) is 14.8. The maximum absolute atomic E-state index is 13.0. The quantitative estimate of drug-likeness (QED) is 0.802. The lowest BCUT2D eigenvalue weighted by Crippen LogP contribution is -2.45. The molecule has 1 atom stereocenters. The Bertz CT molecular complexity index is 391. The number of halogens is 5. The molecule has 2 N–H and O–H groups in total. The Morgan fingerprint density at radius 2 is 1.35 bits per heavy atom. The minimum absolute atomic E-state index is 0.218. The number of benzene rings is 1. The third-order valence-corrected chi connectivity index (χ3v) is 2.37. The van der Waals surface area contributed by atoms with Gasteiger partial charge in [0.15, 0.2) is 0 Å². The lowest BCUT2D eigenvalue weighted by molar-refractivity contribution is -0.291. The van der Waals surface area contributed by atoms with E-state index in [4.69, 9.17) is 5.73 Å². The second-order valence-corrected chi connectivity index (χ2v) is 4.02. The molecule has 0 amide bonds. The van der Waals surface area contributed by atoms with Crippen molar-refractivity contribution in [3.05, 3.63) is 34.9 Å². The number of hydrogen-bond acceptors (Lipinski definition) is 1. The molecule has 0 spiro atoms. The van der Waals surface area contributed by atoms with Crippen LogP contribution in [0.4, 0.5) is 22.0 Å². The fourth-order valence-corrected chi connectivity index (χ4v) is 1.58. The van der Waals surface area contributed by atoms with Crippen molar-refractivity contribution < 1.29 is 22.0 Å². The number of aryl methyl sites for hydroxylation is 2. The van der Waals surface area contributed by atoms with Crippen molar-refractivity contribution in [3.63, 3.8) is 0 Å². The first kappa shape index (κ1) is 13.9. The molecule has 0 heterocycles. The fourth-order valence-electron chi connectivity index (χ4n) is 1.58. The first-order valence-electron chi connectivity index (χ1n) is 4.84. The summed E-state index contributed by atoms with van der Waals surface area (Å²) in [4.78, 5) is 0. The van der Waals surface area contributed by atoms with E-state index in [1.54, 1.807) is 19.9 Å². The van der Waals surface area contributed by atoms with Crippen LogP contribution in [0.25, 0.3) is 0 Å². The zero-order chi connectivity index (χ0) is 13.4. The van der Waals surface area contributed by atoms with Gasteiger partial charge in [-0.1, -0.05) is 29.3 Å². The maximum Gasteiger partial charge on any atom is 0.455 e. The molecule has 0 saturated heterocycles. The Morgan fingerprint density at radius 3 is 1.71 bits per heavy atom. The summed E-state index contributed by atoms with van der Waals surface area (Å²) < 4.78 is 62.5. The van der Waals surface area contributed by atoms with Crippen LogP contribution in [0.1, 0.15) is 22.7 Å². The van der Waals surface area contributed by atoms with Gasteiger partial charge in [-0.2, -0.15) is 22.0 Å². The molecule has 1 aromatic carbocycles. The highest BCUT2D eigenvalue weighted by atomic mass is 19.4. The molecule has 0 aromatic heterocycles. The van der Waals surface area contributed by atoms with Crippen molar-refractivity contribution in [2.75, 3.05) is 0 Å².